The fraction of sp³-hybridized carbons (Fsp3) is 0.429. The van der Waals surface area contributed by atoms with Gasteiger partial charge in [-0.15, -0.1) is 0 Å². The standard InChI is InChI=1S/C21H23F2N3O/c22-19-6-3-4-16(21(19)23)10-20(27)26-12-15-7-8-18(26)14-25(11-15)13-17-5-1-2-9-24-17/h1-6,9,15,18H,7-8,10-14H2/t15-,18+/m0/s1. The van der Waals surface area contributed by atoms with Crippen molar-refractivity contribution in [2.45, 2.75) is 31.8 Å². The summed E-state index contributed by atoms with van der Waals surface area (Å²) in [4.78, 5) is 21.5. The fourth-order valence-electron chi connectivity index (χ4n) is 4.28. The predicted molar refractivity (Wildman–Crippen MR) is 97.8 cm³/mol. The third-order valence-corrected chi connectivity index (χ3v) is 5.59. The zero-order valence-electron chi connectivity index (χ0n) is 15.2. The molecule has 6 heteroatoms. The largest absolute Gasteiger partial charge is 0.338 e. The summed E-state index contributed by atoms with van der Waals surface area (Å²) < 4.78 is 27.4. The molecule has 0 unspecified atom stereocenters. The van der Waals surface area contributed by atoms with E-state index in [1.807, 2.05) is 23.1 Å². The minimum Gasteiger partial charge on any atom is -0.338 e. The molecular formula is C21H23F2N3O. The molecule has 1 aromatic heterocycles. The van der Waals surface area contributed by atoms with Crippen molar-refractivity contribution >= 4 is 5.91 Å². The molecule has 2 aromatic rings. The van der Waals surface area contributed by atoms with E-state index < -0.39 is 11.6 Å². The van der Waals surface area contributed by atoms with Crippen molar-refractivity contribution < 1.29 is 13.6 Å². The molecular weight excluding hydrogens is 348 g/mol. The summed E-state index contributed by atoms with van der Waals surface area (Å²) in [6.45, 7) is 3.20. The number of carbonyl (C=O) groups excluding carboxylic acids is 1. The van der Waals surface area contributed by atoms with Crippen LogP contribution in [0.15, 0.2) is 42.6 Å². The van der Waals surface area contributed by atoms with E-state index in [-0.39, 0.29) is 23.9 Å². The molecule has 3 aliphatic rings. The average Bonchev–Trinajstić information content (AvgIpc) is 2.97. The number of pyridine rings is 1. The second-order valence-electron chi connectivity index (χ2n) is 7.55. The summed E-state index contributed by atoms with van der Waals surface area (Å²) in [6, 6.07) is 10.0. The first-order chi connectivity index (χ1) is 13.1. The zero-order valence-corrected chi connectivity index (χ0v) is 15.2. The van der Waals surface area contributed by atoms with Gasteiger partial charge in [0.2, 0.25) is 5.91 Å². The highest BCUT2D eigenvalue weighted by Gasteiger charge is 2.37. The van der Waals surface area contributed by atoms with Gasteiger partial charge in [0, 0.05) is 44.0 Å². The Morgan fingerprint density at radius 3 is 2.78 bits per heavy atom. The van der Waals surface area contributed by atoms with Crippen LogP contribution in [0.25, 0.3) is 0 Å². The molecule has 2 atom stereocenters. The van der Waals surface area contributed by atoms with Gasteiger partial charge in [-0.2, -0.15) is 0 Å². The molecule has 0 saturated carbocycles. The topological polar surface area (TPSA) is 36.4 Å². The normalized spacial score (nSPS) is 22.7. The first-order valence-corrected chi connectivity index (χ1v) is 9.45. The van der Waals surface area contributed by atoms with Crippen LogP contribution in [0.5, 0.6) is 0 Å². The van der Waals surface area contributed by atoms with Crippen LogP contribution in [-0.2, 0) is 17.8 Å². The summed E-state index contributed by atoms with van der Waals surface area (Å²) in [5.41, 5.74) is 1.16. The first-order valence-electron chi connectivity index (χ1n) is 9.45. The summed E-state index contributed by atoms with van der Waals surface area (Å²) in [7, 11) is 0. The number of piperidine rings is 1. The number of benzene rings is 1. The molecule has 0 aliphatic carbocycles. The van der Waals surface area contributed by atoms with Crippen molar-refractivity contribution in [1.82, 2.24) is 14.8 Å². The van der Waals surface area contributed by atoms with Gasteiger partial charge in [-0.25, -0.2) is 8.78 Å². The molecule has 2 bridgehead atoms. The van der Waals surface area contributed by atoms with Crippen LogP contribution < -0.4 is 0 Å². The van der Waals surface area contributed by atoms with E-state index in [2.05, 4.69) is 9.88 Å². The lowest BCUT2D eigenvalue weighted by Crippen LogP contribution is -2.48. The van der Waals surface area contributed by atoms with E-state index in [1.165, 1.54) is 12.1 Å². The van der Waals surface area contributed by atoms with Crippen LogP contribution in [0.3, 0.4) is 0 Å². The fourth-order valence-corrected chi connectivity index (χ4v) is 4.28. The van der Waals surface area contributed by atoms with Crippen LogP contribution in [0.1, 0.15) is 24.1 Å². The van der Waals surface area contributed by atoms with Gasteiger partial charge in [0.1, 0.15) is 0 Å². The van der Waals surface area contributed by atoms with E-state index in [0.717, 1.165) is 44.2 Å². The molecule has 0 spiro atoms. The maximum absolute atomic E-state index is 13.9. The molecule has 1 amide bonds. The molecule has 4 heterocycles. The zero-order chi connectivity index (χ0) is 18.8. The monoisotopic (exact) mass is 371 g/mol. The van der Waals surface area contributed by atoms with Gasteiger partial charge in [-0.05, 0) is 37.0 Å². The highest BCUT2D eigenvalue weighted by atomic mass is 19.2. The van der Waals surface area contributed by atoms with Crippen molar-refractivity contribution in [3.05, 3.63) is 65.5 Å². The predicted octanol–water partition coefficient (Wildman–Crippen LogP) is 3.03. The number of hydrogen-bond acceptors (Lipinski definition) is 3. The van der Waals surface area contributed by atoms with Crippen LogP contribution in [0, 0.1) is 17.6 Å². The Morgan fingerprint density at radius 2 is 1.96 bits per heavy atom. The van der Waals surface area contributed by atoms with E-state index in [1.54, 1.807) is 6.20 Å². The number of rotatable bonds is 4. The second-order valence-corrected chi connectivity index (χ2v) is 7.55. The minimum atomic E-state index is -0.914. The SMILES string of the molecule is O=C(Cc1cccc(F)c1F)N1C[C@H]2CC[C@@H]1CN(Cc1ccccn1)C2. The Kier molecular flexibility index (Phi) is 5.16. The van der Waals surface area contributed by atoms with Gasteiger partial charge in [0.15, 0.2) is 11.6 Å². The third-order valence-electron chi connectivity index (χ3n) is 5.59. The van der Waals surface area contributed by atoms with Crippen molar-refractivity contribution in [3.63, 3.8) is 0 Å². The maximum atomic E-state index is 13.9. The lowest BCUT2D eigenvalue weighted by atomic mass is 9.94. The molecule has 0 N–H and O–H groups in total. The lowest BCUT2D eigenvalue weighted by molar-refractivity contribution is -0.134. The summed E-state index contributed by atoms with van der Waals surface area (Å²) in [5, 5.41) is 0. The Bertz CT molecular complexity index is 814. The number of halogens is 2. The molecule has 27 heavy (non-hydrogen) atoms. The Hall–Kier alpha value is -2.34. The Balaban J connectivity index is 1.45. The quantitative estimate of drug-likeness (QED) is 0.829. The summed E-state index contributed by atoms with van der Waals surface area (Å²) >= 11 is 0. The first kappa shape index (κ1) is 18.0. The Labute approximate surface area is 157 Å². The van der Waals surface area contributed by atoms with Crippen molar-refractivity contribution in [3.8, 4) is 0 Å². The van der Waals surface area contributed by atoms with Crippen molar-refractivity contribution in [1.29, 1.82) is 0 Å². The molecule has 3 aliphatic heterocycles. The summed E-state index contributed by atoms with van der Waals surface area (Å²) in [6.07, 6.45) is 3.76. The van der Waals surface area contributed by atoms with E-state index in [9.17, 15) is 13.6 Å². The van der Waals surface area contributed by atoms with Gasteiger partial charge in [-0.3, -0.25) is 14.7 Å². The minimum absolute atomic E-state index is 0.0902. The van der Waals surface area contributed by atoms with Crippen LogP contribution in [0.2, 0.25) is 0 Å². The lowest BCUT2D eigenvalue weighted by Gasteiger charge is -2.36. The molecule has 4 nitrogen and oxygen atoms in total. The maximum Gasteiger partial charge on any atom is 0.227 e. The molecule has 3 fully saturated rings. The Morgan fingerprint density at radius 1 is 1.07 bits per heavy atom. The smallest absolute Gasteiger partial charge is 0.227 e. The highest BCUT2D eigenvalue weighted by Crippen LogP contribution is 2.29. The number of fused-ring (bicyclic) bond motifs is 4. The number of aromatic nitrogens is 1. The average molecular weight is 371 g/mol. The van der Waals surface area contributed by atoms with E-state index in [4.69, 9.17) is 0 Å². The molecule has 3 saturated heterocycles. The van der Waals surface area contributed by atoms with Crippen molar-refractivity contribution in [2.24, 2.45) is 5.92 Å². The van der Waals surface area contributed by atoms with Gasteiger partial charge in [0.25, 0.3) is 0 Å². The number of nitrogens with zero attached hydrogens (tertiary/aromatic N) is 3. The second kappa shape index (κ2) is 7.72. The highest BCUT2D eigenvalue weighted by molar-refractivity contribution is 5.79. The van der Waals surface area contributed by atoms with E-state index in [0.29, 0.717) is 12.5 Å². The molecule has 5 rings (SSSR count). The van der Waals surface area contributed by atoms with Gasteiger partial charge in [-0.1, -0.05) is 18.2 Å². The molecule has 0 radical (unpaired) electrons. The van der Waals surface area contributed by atoms with Gasteiger partial charge >= 0.3 is 0 Å². The van der Waals surface area contributed by atoms with Crippen LogP contribution >= 0.6 is 0 Å². The summed E-state index contributed by atoms with van der Waals surface area (Å²) in [5.74, 6) is -1.52. The third kappa shape index (κ3) is 4.00. The van der Waals surface area contributed by atoms with Crippen LogP contribution in [-0.4, -0.2) is 46.4 Å². The van der Waals surface area contributed by atoms with Gasteiger partial charge in [0.05, 0.1) is 12.1 Å². The number of hydrogen-bond donors (Lipinski definition) is 0. The van der Waals surface area contributed by atoms with Crippen molar-refractivity contribution in [2.75, 3.05) is 19.6 Å². The molecule has 1 aromatic carbocycles. The van der Waals surface area contributed by atoms with Gasteiger partial charge < -0.3 is 4.90 Å². The van der Waals surface area contributed by atoms with Crippen LogP contribution in [0.4, 0.5) is 8.78 Å². The molecule has 142 valence electrons. The van der Waals surface area contributed by atoms with E-state index >= 15 is 0 Å². The number of carbonyl (C=O) groups is 1. The number of amides is 1.